The molecule has 2 unspecified atom stereocenters. The van der Waals surface area contributed by atoms with E-state index in [1.54, 1.807) is 0 Å². The molecule has 0 rings (SSSR count). The minimum absolute atomic E-state index is 0.245. The molecule has 16 heavy (non-hydrogen) atoms. The maximum atomic E-state index is 11.7. The third-order valence-electron chi connectivity index (χ3n) is 2.48. The molecule has 0 aromatic heterocycles. The van der Waals surface area contributed by atoms with Gasteiger partial charge in [-0.2, -0.15) is 0 Å². The zero-order valence-electron chi connectivity index (χ0n) is 10.0. The van der Waals surface area contributed by atoms with E-state index in [0.29, 0.717) is 12.8 Å². The van der Waals surface area contributed by atoms with Gasteiger partial charge >= 0.3 is 5.97 Å². The standard InChI is InChI=1S/C11H22N2O3/c1-3-5-8(7-12)10(14)13-9(6-4-2)11(15)16/h8-9H,3-7,12H2,1-2H3,(H,13,14)(H,15,16). The second kappa shape index (κ2) is 8.10. The Morgan fingerprint density at radius 3 is 2.19 bits per heavy atom. The van der Waals surface area contributed by atoms with Gasteiger partial charge in [-0.25, -0.2) is 4.79 Å². The third-order valence-corrected chi connectivity index (χ3v) is 2.48. The number of hydrogen-bond acceptors (Lipinski definition) is 3. The fourth-order valence-corrected chi connectivity index (χ4v) is 1.54. The molecule has 5 nitrogen and oxygen atoms in total. The van der Waals surface area contributed by atoms with Crippen LogP contribution in [0.5, 0.6) is 0 Å². The molecule has 0 aromatic carbocycles. The number of aliphatic carboxylic acids is 1. The van der Waals surface area contributed by atoms with Crippen molar-refractivity contribution in [3.8, 4) is 0 Å². The number of carboxylic acids is 1. The molecule has 0 aliphatic carbocycles. The molecule has 5 heteroatoms. The van der Waals surface area contributed by atoms with Gasteiger partial charge in [-0.15, -0.1) is 0 Å². The zero-order valence-corrected chi connectivity index (χ0v) is 10.0. The lowest BCUT2D eigenvalue weighted by Gasteiger charge is -2.18. The van der Waals surface area contributed by atoms with Gasteiger partial charge in [0.05, 0.1) is 5.92 Å². The highest BCUT2D eigenvalue weighted by atomic mass is 16.4. The number of hydrogen-bond donors (Lipinski definition) is 3. The van der Waals surface area contributed by atoms with Gasteiger partial charge in [0, 0.05) is 6.54 Å². The highest BCUT2D eigenvalue weighted by Crippen LogP contribution is 2.06. The van der Waals surface area contributed by atoms with Crippen LogP contribution in [-0.2, 0) is 9.59 Å². The molecule has 0 saturated heterocycles. The second-order valence-corrected chi connectivity index (χ2v) is 3.91. The van der Waals surface area contributed by atoms with E-state index in [-0.39, 0.29) is 18.4 Å². The van der Waals surface area contributed by atoms with E-state index in [0.717, 1.165) is 12.8 Å². The number of carbonyl (C=O) groups is 2. The van der Waals surface area contributed by atoms with Crippen molar-refractivity contribution < 1.29 is 14.7 Å². The zero-order chi connectivity index (χ0) is 12.6. The monoisotopic (exact) mass is 230 g/mol. The van der Waals surface area contributed by atoms with E-state index in [9.17, 15) is 9.59 Å². The first kappa shape index (κ1) is 14.9. The molecular weight excluding hydrogens is 208 g/mol. The van der Waals surface area contributed by atoms with Gasteiger partial charge in [0.25, 0.3) is 0 Å². The molecule has 0 aromatic rings. The predicted octanol–water partition coefficient (Wildman–Crippen LogP) is 0.731. The summed E-state index contributed by atoms with van der Waals surface area (Å²) < 4.78 is 0. The fourth-order valence-electron chi connectivity index (χ4n) is 1.54. The summed E-state index contributed by atoms with van der Waals surface area (Å²) >= 11 is 0. The van der Waals surface area contributed by atoms with Crippen molar-refractivity contribution in [3.05, 3.63) is 0 Å². The van der Waals surface area contributed by atoms with Crippen molar-refractivity contribution in [2.24, 2.45) is 11.7 Å². The molecule has 0 radical (unpaired) electrons. The van der Waals surface area contributed by atoms with Crippen molar-refractivity contribution in [2.75, 3.05) is 6.54 Å². The van der Waals surface area contributed by atoms with Crippen LogP contribution in [-0.4, -0.2) is 29.6 Å². The molecule has 0 spiro atoms. The highest BCUT2D eigenvalue weighted by molar-refractivity contribution is 5.85. The summed E-state index contributed by atoms with van der Waals surface area (Å²) in [6, 6.07) is -0.789. The van der Waals surface area contributed by atoms with Gasteiger partial charge in [0.2, 0.25) is 5.91 Å². The Morgan fingerprint density at radius 1 is 1.25 bits per heavy atom. The van der Waals surface area contributed by atoms with Crippen molar-refractivity contribution in [1.29, 1.82) is 0 Å². The number of carbonyl (C=O) groups excluding carboxylic acids is 1. The van der Waals surface area contributed by atoms with Gasteiger partial charge in [0.1, 0.15) is 6.04 Å². The van der Waals surface area contributed by atoms with Crippen LogP contribution in [0.2, 0.25) is 0 Å². The lowest BCUT2D eigenvalue weighted by atomic mass is 10.0. The molecule has 4 N–H and O–H groups in total. The summed E-state index contributed by atoms with van der Waals surface area (Å²) in [5, 5.41) is 11.4. The Morgan fingerprint density at radius 2 is 1.81 bits per heavy atom. The average molecular weight is 230 g/mol. The van der Waals surface area contributed by atoms with Crippen molar-refractivity contribution >= 4 is 11.9 Å². The van der Waals surface area contributed by atoms with Gasteiger partial charge < -0.3 is 16.2 Å². The van der Waals surface area contributed by atoms with E-state index in [4.69, 9.17) is 10.8 Å². The lowest BCUT2D eigenvalue weighted by Crippen LogP contribution is -2.45. The Bertz CT molecular complexity index is 231. The Labute approximate surface area is 96.4 Å². The number of nitrogens with one attached hydrogen (secondary N) is 1. The van der Waals surface area contributed by atoms with E-state index in [1.165, 1.54) is 0 Å². The van der Waals surface area contributed by atoms with E-state index in [1.807, 2.05) is 13.8 Å². The van der Waals surface area contributed by atoms with Crippen molar-refractivity contribution in [1.82, 2.24) is 5.32 Å². The molecule has 94 valence electrons. The van der Waals surface area contributed by atoms with Crippen LogP contribution in [0.3, 0.4) is 0 Å². The Kier molecular flexibility index (Phi) is 7.54. The van der Waals surface area contributed by atoms with Crippen LogP contribution < -0.4 is 11.1 Å². The fraction of sp³-hybridized carbons (Fsp3) is 0.818. The van der Waals surface area contributed by atoms with E-state index in [2.05, 4.69) is 5.32 Å². The summed E-state index contributed by atoms with van der Waals surface area (Å²) in [7, 11) is 0. The van der Waals surface area contributed by atoms with Crippen LogP contribution in [0.4, 0.5) is 0 Å². The maximum Gasteiger partial charge on any atom is 0.326 e. The van der Waals surface area contributed by atoms with E-state index < -0.39 is 12.0 Å². The van der Waals surface area contributed by atoms with Gasteiger partial charge in [-0.05, 0) is 12.8 Å². The molecule has 0 heterocycles. The number of nitrogens with two attached hydrogens (primary N) is 1. The molecule has 0 saturated carbocycles. The largest absolute Gasteiger partial charge is 0.480 e. The number of carboxylic acid groups (broad SMARTS) is 1. The minimum Gasteiger partial charge on any atom is -0.480 e. The van der Waals surface area contributed by atoms with Gasteiger partial charge in [0.15, 0.2) is 0 Å². The average Bonchev–Trinajstić information content (AvgIpc) is 2.24. The molecule has 0 fully saturated rings. The Balaban J connectivity index is 4.31. The molecule has 1 amide bonds. The normalized spacial score (nSPS) is 14.2. The quantitative estimate of drug-likeness (QED) is 0.573. The summed E-state index contributed by atoms with van der Waals surface area (Å²) in [5.41, 5.74) is 5.48. The van der Waals surface area contributed by atoms with Gasteiger partial charge in [-0.1, -0.05) is 26.7 Å². The molecule has 2 atom stereocenters. The molecular formula is C11H22N2O3. The third kappa shape index (κ3) is 5.11. The van der Waals surface area contributed by atoms with E-state index >= 15 is 0 Å². The molecule has 0 aliphatic heterocycles. The highest BCUT2D eigenvalue weighted by Gasteiger charge is 2.23. The maximum absolute atomic E-state index is 11.7. The van der Waals surface area contributed by atoms with Crippen LogP contribution in [0.1, 0.15) is 39.5 Å². The summed E-state index contributed by atoms with van der Waals surface area (Å²) in [6.45, 7) is 4.11. The Hall–Kier alpha value is -1.10. The van der Waals surface area contributed by atoms with Crippen molar-refractivity contribution in [2.45, 2.75) is 45.6 Å². The molecule has 0 aliphatic rings. The minimum atomic E-state index is -0.984. The lowest BCUT2D eigenvalue weighted by molar-refractivity contribution is -0.142. The summed E-state index contributed by atoms with van der Waals surface area (Å²) in [5.74, 6) is -1.50. The number of amides is 1. The van der Waals surface area contributed by atoms with Crippen LogP contribution in [0.15, 0.2) is 0 Å². The van der Waals surface area contributed by atoms with Crippen LogP contribution >= 0.6 is 0 Å². The van der Waals surface area contributed by atoms with Crippen molar-refractivity contribution in [3.63, 3.8) is 0 Å². The first-order chi connectivity index (χ1) is 7.56. The first-order valence-electron chi connectivity index (χ1n) is 5.80. The SMILES string of the molecule is CCCC(CN)C(=O)NC(CCC)C(=O)O. The molecule has 0 bridgehead atoms. The van der Waals surface area contributed by atoms with Gasteiger partial charge in [-0.3, -0.25) is 4.79 Å². The number of rotatable bonds is 8. The topological polar surface area (TPSA) is 92.4 Å². The summed E-state index contributed by atoms with van der Waals surface area (Å²) in [6.07, 6.45) is 2.73. The first-order valence-corrected chi connectivity index (χ1v) is 5.80. The predicted molar refractivity (Wildman–Crippen MR) is 61.9 cm³/mol. The summed E-state index contributed by atoms with van der Waals surface area (Å²) in [4.78, 5) is 22.5. The second-order valence-electron chi connectivity index (χ2n) is 3.91. The van der Waals surface area contributed by atoms with Crippen LogP contribution in [0, 0.1) is 5.92 Å². The van der Waals surface area contributed by atoms with Crippen LogP contribution in [0.25, 0.3) is 0 Å². The smallest absolute Gasteiger partial charge is 0.326 e.